The highest BCUT2D eigenvalue weighted by atomic mass is 35.5. The Labute approximate surface area is 134 Å². The first kappa shape index (κ1) is 16.2. The number of alkyl halides is 1. The molecule has 2 rings (SSSR count). The van der Waals surface area contributed by atoms with Crippen LogP contribution in [0.15, 0.2) is 18.2 Å². The van der Waals surface area contributed by atoms with E-state index in [9.17, 15) is 9.59 Å². The van der Waals surface area contributed by atoms with E-state index >= 15 is 0 Å². The highest BCUT2D eigenvalue weighted by molar-refractivity contribution is 6.29. The van der Waals surface area contributed by atoms with Crippen LogP contribution in [0.4, 0.5) is 11.4 Å². The molecule has 0 aliphatic carbocycles. The molecule has 0 fully saturated rings. The molecule has 1 aromatic rings. The quantitative estimate of drug-likeness (QED) is 0.630. The van der Waals surface area contributed by atoms with Gasteiger partial charge in [-0.05, 0) is 18.2 Å². The molecule has 0 spiro atoms. The Morgan fingerprint density at radius 3 is 2.91 bits per heavy atom. The van der Waals surface area contributed by atoms with E-state index in [4.69, 9.17) is 22.8 Å². The van der Waals surface area contributed by atoms with Crippen molar-refractivity contribution < 1.29 is 14.3 Å². The van der Waals surface area contributed by atoms with E-state index in [1.54, 1.807) is 23.1 Å². The number of anilines is 2. The van der Waals surface area contributed by atoms with Crippen molar-refractivity contribution in [1.82, 2.24) is 0 Å². The van der Waals surface area contributed by atoms with Crippen LogP contribution in [0.3, 0.4) is 0 Å². The Hall–Kier alpha value is -2.19. The molecule has 0 aromatic heterocycles. The average molecular weight is 321 g/mol. The second kappa shape index (κ2) is 7.19. The van der Waals surface area contributed by atoms with Crippen LogP contribution in [-0.2, 0) is 9.59 Å². The summed E-state index contributed by atoms with van der Waals surface area (Å²) in [4.78, 5) is 26.9. The minimum absolute atomic E-state index is 0.0689. The highest BCUT2D eigenvalue weighted by Gasteiger charge is 2.23. The Kier molecular flexibility index (Phi) is 5.29. The maximum absolute atomic E-state index is 12.0. The molecule has 0 N–H and O–H groups in total. The third-order valence-electron chi connectivity index (χ3n) is 3.39. The van der Waals surface area contributed by atoms with E-state index in [0.717, 1.165) is 0 Å². The average Bonchev–Trinajstić information content (AvgIpc) is 2.53. The summed E-state index contributed by atoms with van der Waals surface area (Å²) < 4.78 is 5.55. The first-order valence-corrected chi connectivity index (χ1v) is 7.46. The lowest BCUT2D eigenvalue weighted by Crippen LogP contribution is -2.37. The Balaban J connectivity index is 2.38. The van der Waals surface area contributed by atoms with Gasteiger partial charge in [0.15, 0.2) is 0 Å². The van der Waals surface area contributed by atoms with Gasteiger partial charge in [-0.3, -0.25) is 9.59 Å². The molecule has 1 aliphatic rings. The van der Waals surface area contributed by atoms with Crippen molar-refractivity contribution in [2.45, 2.75) is 13.3 Å². The second-order valence-corrected chi connectivity index (χ2v) is 5.07. The van der Waals surface area contributed by atoms with E-state index in [-0.39, 0.29) is 17.7 Å². The predicted octanol–water partition coefficient (Wildman–Crippen LogP) is 2.03. The lowest BCUT2D eigenvalue weighted by atomic mass is 10.2. The highest BCUT2D eigenvalue weighted by Crippen LogP contribution is 2.35. The fourth-order valence-corrected chi connectivity index (χ4v) is 2.49. The number of amides is 2. The van der Waals surface area contributed by atoms with E-state index in [0.29, 0.717) is 43.2 Å². The molecule has 22 heavy (non-hydrogen) atoms. The summed E-state index contributed by atoms with van der Waals surface area (Å²) in [6, 6.07) is 5.28. The van der Waals surface area contributed by atoms with Crippen LogP contribution in [0.1, 0.15) is 13.3 Å². The molecule has 1 aromatic carbocycles. The zero-order valence-corrected chi connectivity index (χ0v) is 13.1. The van der Waals surface area contributed by atoms with E-state index in [2.05, 4.69) is 5.92 Å². The standard InChI is InChI=1S/C16H17ClN2O3/c1-3-4-7-19(16(21)11-17)13-5-6-15-14(10-13)18(12(2)20)8-9-22-15/h1,5-6,10H,4,7-9,11H2,2H3. The molecule has 0 saturated heterocycles. The summed E-state index contributed by atoms with van der Waals surface area (Å²) in [5, 5.41) is 0. The molecule has 0 bridgehead atoms. The van der Waals surface area contributed by atoms with Gasteiger partial charge in [0.2, 0.25) is 11.8 Å². The number of nitrogens with zero attached hydrogens (tertiary/aromatic N) is 2. The SMILES string of the molecule is C#CCCN(C(=O)CCl)c1ccc2c(c1)N(C(C)=O)CCO2. The van der Waals surface area contributed by atoms with Gasteiger partial charge in [-0.25, -0.2) is 0 Å². The van der Waals surface area contributed by atoms with Gasteiger partial charge < -0.3 is 14.5 Å². The van der Waals surface area contributed by atoms with Crippen molar-refractivity contribution in [3.8, 4) is 18.1 Å². The smallest absolute Gasteiger partial charge is 0.241 e. The molecule has 0 saturated carbocycles. The van der Waals surface area contributed by atoms with Gasteiger partial charge in [0, 0.05) is 25.6 Å². The molecule has 1 heterocycles. The summed E-state index contributed by atoms with van der Waals surface area (Å²) in [5.74, 6) is 2.70. The molecule has 5 nitrogen and oxygen atoms in total. The molecule has 1 aliphatic heterocycles. The normalized spacial score (nSPS) is 12.9. The molecule has 6 heteroatoms. The van der Waals surface area contributed by atoms with E-state index in [1.165, 1.54) is 11.8 Å². The fourth-order valence-electron chi connectivity index (χ4n) is 2.35. The third-order valence-corrected chi connectivity index (χ3v) is 3.62. The van der Waals surface area contributed by atoms with Gasteiger partial charge in [0.25, 0.3) is 0 Å². The van der Waals surface area contributed by atoms with E-state index < -0.39 is 0 Å². The van der Waals surface area contributed by atoms with Crippen molar-refractivity contribution in [3.05, 3.63) is 18.2 Å². The maximum Gasteiger partial charge on any atom is 0.241 e. The molecule has 0 radical (unpaired) electrons. The molecule has 2 amide bonds. The third kappa shape index (κ3) is 3.34. The zero-order valence-electron chi connectivity index (χ0n) is 12.3. The Morgan fingerprint density at radius 2 is 2.27 bits per heavy atom. The van der Waals surface area contributed by atoms with Crippen molar-refractivity contribution in [1.29, 1.82) is 0 Å². The number of rotatable bonds is 4. The number of terminal acetylenes is 1. The van der Waals surface area contributed by atoms with Crippen molar-refractivity contribution in [2.75, 3.05) is 35.4 Å². The largest absolute Gasteiger partial charge is 0.490 e. The number of carbonyl (C=O) groups is 2. The lowest BCUT2D eigenvalue weighted by molar-refractivity contribution is -0.117. The van der Waals surface area contributed by atoms with Gasteiger partial charge >= 0.3 is 0 Å². The predicted molar refractivity (Wildman–Crippen MR) is 86.5 cm³/mol. The van der Waals surface area contributed by atoms with Crippen molar-refractivity contribution in [3.63, 3.8) is 0 Å². The lowest BCUT2D eigenvalue weighted by Gasteiger charge is -2.30. The minimum atomic E-state index is -0.233. The summed E-state index contributed by atoms with van der Waals surface area (Å²) >= 11 is 5.67. The first-order valence-electron chi connectivity index (χ1n) is 6.93. The van der Waals surface area contributed by atoms with Gasteiger partial charge in [0.1, 0.15) is 18.2 Å². The van der Waals surface area contributed by atoms with Crippen LogP contribution >= 0.6 is 11.6 Å². The number of benzene rings is 1. The summed E-state index contributed by atoms with van der Waals surface area (Å²) in [5.41, 5.74) is 1.31. The molecule has 0 unspecified atom stereocenters. The van der Waals surface area contributed by atoms with Crippen LogP contribution in [0.25, 0.3) is 0 Å². The van der Waals surface area contributed by atoms with Gasteiger partial charge in [0.05, 0.1) is 12.2 Å². The summed E-state index contributed by atoms with van der Waals surface area (Å²) in [6.45, 7) is 2.82. The topological polar surface area (TPSA) is 49.9 Å². The Bertz CT molecular complexity index is 624. The number of fused-ring (bicyclic) bond motifs is 1. The second-order valence-electron chi connectivity index (χ2n) is 4.80. The molecule has 0 atom stereocenters. The Morgan fingerprint density at radius 1 is 1.50 bits per heavy atom. The fraction of sp³-hybridized carbons (Fsp3) is 0.375. The van der Waals surface area contributed by atoms with Crippen molar-refractivity contribution in [2.24, 2.45) is 0 Å². The number of carbonyl (C=O) groups excluding carboxylic acids is 2. The monoisotopic (exact) mass is 320 g/mol. The molecule has 116 valence electrons. The minimum Gasteiger partial charge on any atom is -0.490 e. The maximum atomic E-state index is 12.0. The molecular formula is C16H17ClN2O3. The van der Waals surface area contributed by atoms with Gasteiger partial charge in [-0.1, -0.05) is 0 Å². The van der Waals surface area contributed by atoms with Gasteiger partial charge in [-0.15, -0.1) is 23.9 Å². The molecular weight excluding hydrogens is 304 g/mol. The number of halogens is 1. The summed E-state index contributed by atoms with van der Waals surface area (Å²) in [7, 11) is 0. The van der Waals surface area contributed by atoms with Crippen LogP contribution in [0, 0.1) is 12.3 Å². The van der Waals surface area contributed by atoms with Crippen LogP contribution in [0.5, 0.6) is 5.75 Å². The van der Waals surface area contributed by atoms with Crippen LogP contribution in [-0.4, -0.2) is 37.4 Å². The number of hydrogen-bond donors (Lipinski definition) is 0. The van der Waals surface area contributed by atoms with Gasteiger partial charge in [-0.2, -0.15) is 0 Å². The van der Waals surface area contributed by atoms with Crippen LogP contribution in [0.2, 0.25) is 0 Å². The number of hydrogen-bond acceptors (Lipinski definition) is 3. The van der Waals surface area contributed by atoms with Crippen LogP contribution < -0.4 is 14.5 Å². The zero-order chi connectivity index (χ0) is 16.1. The number of ether oxygens (including phenoxy) is 1. The summed E-state index contributed by atoms with van der Waals surface area (Å²) in [6.07, 6.45) is 5.70. The first-order chi connectivity index (χ1) is 10.6. The van der Waals surface area contributed by atoms with E-state index in [1.807, 2.05) is 0 Å². The van der Waals surface area contributed by atoms with Crippen molar-refractivity contribution >= 4 is 34.8 Å².